The number of esters is 1. The van der Waals surface area contributed by atoms with E-state index in [1.807, 2.05) is 13.8 Å². The van der Waals surface area contributed by atoms with Gasteiger partial charge in [-0.25, -0.2) is 9.59 Å². The average Bonchev–Trinajstić information content (AvgIpc) is 2.46. The summed E-state index contributed by atoms with van der Waals surface area (Å²) >= 11 is 0. The Kier molecular flexibility index (Phi) is 4.80. The van der Waals surface area contributed by atoms with E-state index >= 15 is 0 Å². The van der Waals surface area contributed by atoms with Crippen LogP contribution in [-0.2, 0) is 9.47 Å². The van der Waals surface area contributed by atoms with Crippen molar-refractivity contribution in [1.82, 2.24) is 4.90 Å². The summed E-state index contributed by atoms with van der Waals surface area (Å²) in [5, 5.41) is 2.82. The van der Waals surface area contributed by atoms with E-state index in [9.17, 15) is 9.59 Å². The number of methoxy groups -OCH3 is 1. The third-order valence-electron chi connectivity index (χ3n) is 3.26. The number of hydrogen-bond donors (Lipinski definition) is 1. The molecule has 0 aliphatic carbocycles. The van der Waals surface area contributed by atoms with Crippen LogP contribution in [0.4, 0.5) is 10.5 Å². The Balaban J connectivity index is 1.97. The predicted octanol–water partition coefficient (Wildman–Crippen LogP) is 2.11. The molecule has 21 heavy (non-hydrogen) atoms. The molecule has 0 radical (unpaired) electrons. The summed E-state index contributed by atoms with van der Waals surface area (Å²) in [6.07, 6.45) is 0.0578. The molecule has 2 rings (SSSR count). The molecule has 1 saturated heterocycles. The second-order valence-electron chi connectivity index (χ2n) is 5.16. The zero-order valence-electron chi connectivity index (χ0n) is 12.5. The molecule has 6 heteroatoms. The fraction of sp³-hybridized carbons (Fsp3) is 0.467. The summed E-state index contributed by atoms with van der Waals surface area (Å²) < 4.78 is 10.2. The summed E-state index contributed by atoms with van der Waals surface area (Å²) in [5.74, 6) is -0.399. The lowest BCUT2D eigenvalue weighted by atomic mass is 10.2. The van der Waals surface area contributed by atoms with E-state index in [0.717, 1.165) is 0 Å². The number of nitrogens with one attached hydrogen (secondary N) is 1. The van der Waals surface area contributed by atoms with Gasteiger partial charge in [0.05, 0.1) is 24.9 Å². The Morgan fingerprint density at radius 2 is 1.76 bits per heavy atom. The quantitative estimate of drug-likeness (QED) is 0.848. The topological polar surface area (TPSA) is 67.9 Å². The molecule has 1 aliphatic heterocycles. The number of anilines is 1. The van der Waals surface area contributed by atoms with E-state index < -0.39 is 5.97 Å². The van der Waals surface area contributed by atoms with Gasteiger partial charge in [-0.2, -0.15) is 0 Å². The van der Waals surface area contributed by atoms with Gasteiger partial charge in [0.1, 0.15) is 0 Å². The molecule has 1 aromatic rings. The lowest BCUT2D eigenvalue weighted by Gasteiger charge is -2.35. The van der Waals surface area contributed by atoms with Crippen LogP contribution >= 0.6 is 0 Å². The smallest absolute Gasteiger partial charge is 0.337 e. The van der Waals surface area contributed by atoms with Gasteiger partial charge in [0.2, 0.25) is 0 Å². The number of hydrogen-bond acceptors (Lipinski definition) is 4. The van der Waals surface area contributed by atoms with E-state index in [1.165, 1.54) is 7.11 Å². The highest BCUT2D eigenvalue weighted by molar-refractivity contribution is 5.92. The van der Waals surface area contributed by atoms with Crippen molar-refractivity contribution < 1.29 is 19.1 Å². The zero-order chi connectivity index (χ0) is 15.4. The molecule has 0 spiro atoms. The van der Waals surface area contributed by atoms with Crippen LogP contribution in [0.5, 0.6) is 0 Å². The molecular formula is C15H20N2O4. The second kappa shape index (κ2) is 6.58. The standard InChI is InChI=1S/C15H20N2O4/c1-10-8-17(9-11(2)21-10)15(19)16-13-6-4-12(5-7-13)14(18)20-3/h4-7,10-11H,8-9H2,1-3H3,(H,16,19)/t10-,11+. The van der Waals surface area contributed by atoms with Crippen molar-refractivity contribution in [3.05, 3.63) is 29.8 Å². The van der Waals surface area contributed by atoms with E-state index in [2.05, 4.69) is 10.1 Å². The van der Waals surface area contributed by atoms with Crippen molar-refractivity contribution in [1.29, 1.82) is 0 Å². The molecule has 0 bridgehead atoms. The Hall–Kier alpha value is -2.08. The highest BCUT2D eigenvalue weighted by Crippen LogP contribution is 2.14. The normalized spacial score (nSPS) is 21.8. The lowest BCUT2D eigenvalue weighted by molar-refractivity contribution is -0.0530. The number of carbonyl (C=O) groups excluding carboxylic acids is 2. The van der Waals surface area contributed by atoms with Crippen LogP contribution in [0, 0.1) is 0 Å². The van der Waals surface area contributed by atoms with Crippen LogP contribution in [0.15, 0.2) is 24.3 Å². The predicted molar refractivity (Wildman–Crippen MR) is 78.4 cm³/mol. The highest BCUT2D eigenvalue weighted by atomic mass is 16.5. The van der Waals surface area contributed by atoms with Gasteiger partial charge < -0.3 is 19.7 Å². The van der Waals surface area contributed by atoms with Crippen LogP contribution < -0.4 is 5.32 Å². The zero-order valence-corrected chi connectivity index (χ0v) is 12.5. The Morgan fingerprint density at radius 3 is 2.29 bits per heavy atom. The summed E-state index contributed by atoms with van der Waals surface area (Å²) in [6, 6.07) is 6.43. The highest BCUT2D eigenvalue weighted by Gasteiger charge is 2.25. The Labute approximate surface area is 124 Å². The number of morpholine rings is 1. The lowest BCUT2D eigenvalue weighted by Crippen LogP contribution is -2.49. The molecule has 1 fully saturated rings. The van der Waals surface area contributed by atoms with Gasteiger partial charge in [0.25, 0.3) is 0 Å². The van der Waals surface area contributed by atoms with Crippen molar-refractivity contribution in [2.45, 2.75) is 26.1 Å². The molecule has 1 heterocycles. The maximum absolute atomic E-state index is 12.2. The van der Waals surface area contributed by atoms with Crippen molar-refractivity contribution in [2.24, 2.45) is 0 Å². The van der Waals surface area contributed by atoms with Gasteiger partial charge in [-0.15, -0.1) is 0 Å². The number of rotatable bonds is 2. The molecule has 114 valence electrons. The monoisotopic (exact) mass is 292 g/mol. The number of benzene rings is 1. The number of carbonyl (C=O) groups is 2. The molecule has 6 nitrogen and oxygen atoms in total. The van der Waals surface area contributed by atoms with Crippen molar-refractivity contribution in [3.8, 4) is 0 Å². The van der Waals surface area contributed by atoms with E-state index in [-0.39, 0.29) is 18.2 Å². The van der Waals surface area contributed by atoms with Gasteiger partial charge in [0.15, 0.2) is 0 Å². The van der Waals surface area contributed by atoms with Gasteiger partial charge in [-0.3, -0.25) is 0 Å². The molecule has 0 aromatic heterocycles. The third-order valence-corrected chi connectivity index (χ3v) is 3.26. The second-order valence-corrected chi connectivity index (χ2v) is 5.16. The minimum Gasteiger partial charge on any atom is -0.465 e. The maximum Gasteiger partial charge on any atom is 0.337 e. The largest absolute Gasteiger partial charge is 0.465 e. The first kappa shape index (κ1) is 15.3. The summed E-state index contributed by atoms with van der Waals surface area (Å²) in [4.78, 5) is 25.3. The Bertz CT molecular complexity index is 505. The van der Waals surface area contributed by atoms with Gasteiger partial charge >= 0.3 is 12.0 Å². The fourth-order valence-electron chi connectivity index (χ4n) is 2.35. The molecule has 0 unspecified atom stereocenters. The first-order valence-electron chi connectivity index (χ1n) is 6.89. The third kappa shape index (κ3) is 3.95. The number of urea groups is 1. The molecular weight excluding hydrogens is 272 g/mol. The van der Waals surface area contributed by atoms with Crippen LogP contribution in [0.3, 0.4) is 0 Å². The number of amides is 2. The van der Waals surface area contributed by atoms with Gasteiger partial charge in [-0.05, 0) is 38.1 Å². The minimum absolute atomic E-state index is 0.0289. The van der Waals surface area contributed by atoms with Crippen molar-refractivity contribution >= 4 is 17.7 Å². The van der Waals surface area contributed by atoms with Gasteiger partial charge in [0, 0.05) is 18.8 Å². The van der Waals surface area contributed by atoms with Crippen LogP contribution in [0.25, 0.3) is 0 Å². The molecule has 2 amide bonds. The SMILES string of the molecule is COC(=O)c1ccc(NC(=O)N2C[C@@H](C)O[C@@H](C)C2)cc1. The minimum atomic E-state index is -0.399. The molecule has 1 aliphatic rings. The van der Waals surface area contributed by atoms with Crippen LogP contribution in [0.1, 0.15) is 24.2 Å². The van der Waals surface area contributed by atoms with E-state index in [1.54, 1.807) is 29.2 Å². The van der Waals surface area contributed by atoms with Crippen LogP contribution in [0.2, 0.25) is 0 Å². The number of nitrogens with zero attached hydrogens (tertiary/aromatic N) is 1. The first-order chi connectivity index (χ1) is 9.99. The summed E-state index contributed by atoms with van der Waals surface area (Å²) in [6.45, 7) is 5.02. The Morgan fingerprint density at radius 1 is 1.19 bits per heavy atom. The molecule has 0 saturated carbocycles. The fourth-order valence-corrected chi connectivity index (χ4v) is 2.35. The summed E-state index contributed by atoms with van der Waals surface area (Å²) in [7, 11) is 1.33. The van der Waals surface area contributed by atoms with E-state index in [4.69, 9.17) is 4.74 Å². The van der Waals surface area contributed by atoms with Gasteiger partial charge in [-0.1, -0.05) is 0 Å². The van der Waals surface area contributed by atoms with Crippen molar-refractivity contribution in [2.75, 3.05) is 25.5 Å². The molecule has 1 aromatic carbocycles. The van der Waals surface area contributed by atoms with E-state index in [0.29, 0.717) is 24.3 Å². The maximum atomic E-state index is 12.2. The first-order valence-corrected chi connectivity index (χ1v) is 6.89. The summed E-state index contributed by atoms with van der Waals surface area (Å²) in [5.41, 5.74) is 1.09. The molecule has 1 N–H and O–H groups in total. The van der Waals surface area contributed by atoms with Crippen molar-refractivity contribution in [3.63, 3.8) is 0 Å². The van der Waals surface area contributed by atoms with Crippen LogP contribution in [-0.4, -0.2) is 49.3 Å². The number of ether oxygens (including phenoxy) is 2. The molecule has 2 atom stereocenters. The average molecular weight is 292 g/mol.